The van der Waals surface area contributed by atoms with Gasteiger partial charge in [0.25, 0.3) is 0 Å². The van der Waals surface area contributed by atoms with Gasteiger partial charge in [-0.25, -0.2) is 0 Å². The lowest BCUT2D eigenvalue weighted by atomic mass is 10.0. The molecule has 0 amide bonds. The Morgan fingerprint density at radius 2 is 2.00 bits per heavy atom. The van der Waals surface area contributed by atoms with Crippen molar-refractivity contribution in [1.82, 2.24) is 4.90 Å². The van der Waals surface area contributed by atoms with Crippen molar-refractivity contribution in [1.29, 1.82) is 0 Å². The van der Waals surface area contributed by atoms with Crippen molar-refractivity contribution in [3.8, 4) is 5.75 Å². The third-order valence-electron chi connectivity index (χ3n) is 3.46. The van der Waals surface area contributed by atoms with E-state index in [4.69, 9.17) is 9.84 Å². The minimum atomic E-state index is 0.292. The first-order valence-corrected chi connectivity index (χ1v) is 7.16. The van der Waals surface area contributed by atoms with Crippen molar-refractivity contribution < 1.29 is 9.84 Å². The van der Waals surface area contributed by atoms with Crippen LogP contribution < -0.4 is 4.74 Å². The van der Waals surface area contributed by atoms with Gasteiger partial charge in [-0.2, -0.15) is 0 Å². The van der Waals surface area contributed by atoms with Gasteiger partial charge in [0, 0.05) is 13.2 Å². The Kier molecular flexibility index (Phi) is 7.53. The van der Waals surface area contributed by atoms with Gasteiger partial charge in [-0.3, -0.25) is 0 Å². The van der Waals surface area contributed by atoms with Crippen LogP contribution in [0, 0.1) is 0 Å². The van der Waals surface area contributed by atoms with Crippen molar-refractivity contribution in [2.45, 2.75) is 32.6 Å². The summed E-state index contributed by atoms with van der Waals surface area (Å²) in [4.78, 5) is 2.31. The number of aliphatic hydroxyl groups is 1. The van der Waals surface area contributed by atoms with Gasteiger partial charge in [-0.15, -0.1) is 0 Å². The lowest BCUT2D eigenvalue weighted by Gasteiger charge is -2.17. The van der Waals surface area contributed by atoms with E-state index in [9.17, 15) is 0 Å². The molecule has 3 heteroatoms. The molecular formula is C16H27NO2. The van der Waals surface area contributed by atoms with Crippen LogP contribution in [0.3, 0.4) is 0 Å². The van der Waals surface area contributed by atoms with Crippen molar-refractivity contribution in [3.05, 3.63) is 29.3 Å². The molecule has 0 bridgehead atoms. The second-order valence-electron chi connectivity index (χ2n) is 4.98. The Bertz CT molecular complexity index is 366. The number of ether oxygens (including phenoxy) is 1. The quantitative estimate of drug-likeness (QED) is 0.696. The zero-order valence-corrected chi connectivity index (χ0v) is 12.5. The van der Waals surface area contributed by atoms with Crippen LogP contribution in [-0.4, -0.2) is 43.9 Å². The topological polar surface area (TPSA) is 32.7 Å². The van der Waals surface area contributed by atoms with Crippen LogP contribution in [0.1, 0.15) is 30.9 Å². The molecule has 0 aliphatic carbocycles. The first kappa shape index (κ1) is 16.0. The van der Waals surface area contributed by atoms with E-state index in [0.29, 0.717) is 6.61 Å². The standard InChI is InChI=1S/C16H27NO2/c1-4-14-7-8-16(19-3)15(13-14)9-11-17(2)10-5-6-12-18/h7-8,13,18H,4-6,9-12H2,1-3H3. The van der Waals surface area contributed by atoms with Crippen LogP contribution in [0.15, 0.2) is 18.2 Å². The van der Waals surface area contributed by atoms with Gasteiger partial charge < -0.3 is 14.7 Å². The van der Waals surface area contributed by atoms with Crippen LogP contribution in [0.2, 0.25) is 0 Å². The molecule has 0 aliphatic heterocycles. The summed E-state index contributed by atoms with van der Waals surface area (Å²) in [7, 11) is 3.86. The first-order valence-electron chi connectivity index (χ1n) is 7.16. The number of aliphatic hydroxyl groups excluding tert-OH is 1. The molecule has 0 saturated heterocycles. The highest BCUT2D eigenvalue weighted by atomic mass is 16.5. The van der Waals surface area contributed by atoms with Crippen molar-refractivity contribution >= 4 is 0 Å². The summed E-state index contributed by atoms with van der Waals surface area (Å²) in [6.45, 7) is 4.53. The number of hydrogen-bond acceptors (Lipinski definition) is 3. The number of rotatable bonds is 9. The van der Waals surface area contributed by atoms with Gasteiger partial charge in [-0.05, 0) is 56.5 Å². The van der Waals surface area contributed by atoms with E-state index in [-0.39, 0.29) is 0 Å². The van der Waals surface area contributed by atoms with Crippen LogP contribution in [0.25, 0.3) is 0 Å². The number of nitrogens with zero attached hydrogens (tertiary/aromatic N) is 1. The third-order valence-corrected chi connectivity index (χ3v) is 3.46. The Balaban J connectivity index is 2.51. The molecule has 3 nitrogen and oxygen atoms in total. The van der Waals surface area contributed by atoms with Crippen LogP contribution in [0.5, 0.6) is 5.75 Å². The van der Waals surface area contributed by atoms with Gasteiger partial charge in [0.05, 0.1) is 7.11 Å². The van der Waals surface area contributed by atoms with E-state index in [0.717, 1.165) is 44.5 Å². The van der Waals surface area contributed by atoms with Gasteiger partial charge >= 0.3 is 0 Å². The number of likely N-dealkylation sites (N-methyl/N-ethyl adjacent to an activating group) is 1. The van der Waals surface area contributed by atoms with E-state index >= 15 is 0 Å². The molecule has 0 aromatic heterocycles. The molecule has 19 heavy (non-hydrogen) atoms. The summed E-state index contributed by atoms with van der Waals surface area (Å²) in [5.41, 5.74) is 2.65. The zero-order chi connectivity index (χ0) is 14.1. The molecule has 1 N–H and O–H groups in total. The molecule has 0 unspecified atom stereocenters. The van der Waals surface area contributed by atoms with Crippen LogP contribution >= 0.6 is 0 Å². The third kappa shape index (κ3) is 5.62. The molecule has 0 aliphatic rings. The lowest BCUT2D eigenvalue weighted by Crippen LogP contribution is -2.22. The molecule has 1 rings (SSSR count). The molecule has 0 radical (unpaired) electrons. The fourth-order valence-corrected chi connectivity index (χ4v) is 2.16. The molecule has 0 atom stereocenters. The van der Waals surface area contributed by atoms with E-state index in [1.54, 1.807) is 7.11 Å². The first-order chi connectivity index (χ1) is 9.21. The van der Waals surface area contributed by atoms with Gasteiger partial charge in [0.1, 0.15) is 5.75 Å². The summed E-state index contributed by atoms with van der Waals surface area (Å²) in [6.07, 6.45) is 4.01. The number of hydrogen-bond donors (Lipinski definition) is 1. The van der Waals surface area contributed by atoms with Gasteiger partial charge in [0.15, 0.2) is 0 Å². The molecular weight excluding hydrogens is 238 g/mol. The summed E-state index contributed by atoms with van der Waals surface area (Å²) >= 11 is 0. The molecule has 0 spiro atoms. The highest BCUT2D eigenvalue weighted by molar-refractivity contribution is 5.37. The largest absolute Gasteiger partial charge is 0.496 e. The number of aryl methyl sites for hydroxylation is 1. The Labute approximate surface area is 117 Å². The Morgan fingerprint density at radius 1 is 1.21 bits per heavy atom. The maximum atomic E-state index is 8.78. The molecule has 0 fully saturated rings. The summed E-state index contributed by atoms with van der Waals surface area (Å²) in [6, 6.07) is 6.45. The summed E-state index contributed by atoms with van der Waals surface area (Å²) in [5.74, 6) is 0.987. The van der Waals surface area contributed by atoms with Crippen molar-refractivity contribution in [3.63, 3.8) is 0 Å². The molecule has 108 valence electrons. The molecule has 0 saturated carbocycles. The average Bonchev–Trinajstić information content (AvgIpc) is 2.45. The highest BCUT2D eigenvalue weighted by Gasteiger charge is 2.06. The van der Waals surface area contributed by atoms with Crippen LogP contribution in [0.4, 0.5) is 0 Å². The number of benzene rings is 1. The molecule has 1 aromatic carbocycles. The van der Waals surface area contributed by atoms with Gasteiger partial charge in [0.2, 0.25) is 0 Å². The van der Waals surface area contributed by atoms with E-state index in [1.165, 1.54) is 11.1 Å². The minimum absolute atomic E-state index is 0.292. The van der Waals surface area contributed by atoms with Crippen LogP contribution in [-0.2, 0) is 12.8 Å². The van der Waals surface area contributed by atoms with Crippen molar-refractivity contribution in [2.75, 3.05) is 33.9 Å². The van der Waals surface area contributed by atoms with Crippen molar-refractivity contribution in [2.24, 2.45) is 0 Å². The predicted octanol–water partition coefficient (Wildman–Crippen LogP) is 2.50. The lowest BCUT2D eigenvalue weighted by molar-refractivity contribution is 0.264. The zero-order valence-electron chi connectivity index (χ0n) is 12.5. The fraction of sp³-hybridized carbons (Fsp3) is 0.625. The highest BCUT2D eigenvalue weighted by Crippen LogP contribution is 2.21. The number of methoxy groups -OCH3 is 1. The molecule has 1 aromatic rings. The normalized spacial score (nSPS) is 11.0. The average molecular weight is 265 g/mol. The number of unbranched alkanes of at least 4 members (excludes halogenated alkanes) is 1. The maximum absolute atomic E-state index is 8.78. The summed E-state index contributed by atoms with van der Waals surface area (Å²) < 4.78 is 5.42. The second kappa shape index (κ2) is 8.94. The van der Waals surface area contributed by atoms with E-state index < -0.39 is 0 Å². The fourth-order valence-electron chi connectivity index (χ4n) is 2.16. The van der Waals surface area contributed by atoms with E-state index in [1.807, 2.05) is 0 Å². The second-order valence-corrected chi connectivity index (χ2v) is 4.98. The predicted molar refractivity (Wildman–Crippen MR) is 79.9 cm³/mol. The SMILES string of the molecule is CCc1ccc(OC)c(CCN(C)CCCCO)c1. The van der Waals surface area contributed by atoms with E-state index in [2.05, 4.69) is 37.1 Å². The maximum Gasteiger partial charge on any atom is 0.122 e. The summed E-state index contributed by atoms with van der Waals surface area (Å²) in [5, 5.41) is 8.78. The monoisotopic (exact) mass is 265 g/mol. The Hall–Kier alpha value is -1.06. The molecule has 0 heterocycles. The smallest absolute Gasteiger partial charge is 0.122 e. The Morgan fingerprint density at radius 3 is 2.63 bits per heavy atom. The van der Waals surface area contributed by atoms with Gasteiger partial charge in [-0.1, -0.05) is 19.1 Å². The minimum Gasteiger partial charge on any atom is -0.496 e.